The lowest BCUT2D eigenvalue weighted by Crippen LogP contribution is -2.36. The van der Waals surface area contributed by atoms with Crippen LogP contribution in [0.15, 0.2) is 48.5 Å². The molecular formula is C19H22N2O2. The van der Waals surface area contributed by atoms with E-state index in [0.717, 1.165) is 36.5 Å². The van der Waals surface area contributed by atoms with Crippen LogP contribution in [-0.2, 0) is 11.2 Å². The van der Waals surface area contributed by atoms with Crippen LogP contribution in [0.4, 0.5) is 11.4 Å². The maximum atomic E-state index is 12.5. The van der Waals surface area contributed by atoms with Crippen LogP contribution >= 0.6 is 0 Å². The molecule has 1 aliphatic rings. The molecule has 0 aromatic heterocycles. The summed E-state index contributed by atoms with van der Waals surface area (Å²) < 4.78 is 5.14. The Morgan fingerprint density at radius 2 is 1.96 bits per heavy atom. The minimum absolute atomic E-state index is 0.179. The molecule has 2 aromatic rings. The van der Waals surface area contributed by atoms with Crippen LogP contribution < -0.4 is 15.0 Å². The van der Waals surface area contributed by atoms with Crippen LogP contribution in [0, 0.1) is 0 Å². The van der Waals surface area contributed by atoms with Crippen LogP contribution in [0.2, 0.25) is 0 Å². The Morgan fingerprint density at radius 1 is 1.17 bits per heavy atom. The molecule has 0 unspecified atom stereocenters. The third-order valence-electron chi connectivity index (χ3n) is 4.17. The smallest absolute Gasteiger partial charge is 0.228 e. The quantitative estimate of drug-likeness (QED) is 0.919. The van der Waals surface area contributed by atoms with E-state index in [0.29, 0.717) is 13.0 Å². The normalized spacial score (nSPS) is 13.3. The van der Waals surface area contributed by atoms with Crippen molar-refractivity contribution in [1.82, 2.24) is 0 Å². The van der Waals surface area contributed by atoms with Crippen LogP contribution in [0.1, 0.15) is 18.4 Å². The predicted octanol–water partition coefficient (Wildman–Crippen LogP) is 3.48. The average molecular weight is 310 g/mol. The summed E-state index contributed by atoms with van der Waals surface area (Å²) in [5.41, 5.74) is 3.35. The number of hydrogen-bond acceptors (Lipinski definition) is 3. The van der Waals surface area contributed by atoms with Gasteiger partial charge in [-0.2, -0.15) is 0 Å². The van der Waals surface area contributed by atoms with Gasteiger partial charge in [0.1, 0.15) is 5.75 Å². The SMILES string of the molecule is COc1ccc(NCCC(=O)N2CCCc3ccccc32)cc1. The topological polar surface area (TPSA) is 41.6 Å². The van der Waals surface area contributed by atoms with Gasteiger partial charge < -0.3 is 15.0 Å². The van der Waals surface area contributed by atoms with E-state index >= 15 is 0 Å². The van der Waals surface area contributed by atoms with Gasteiger partial charge in [-0.05, 0) is 48.7 Å². The number of anilines is 2. The highest BCUT2D eigenvalue weighted by atomic mass is 16.5. The zero-order valence-electron chi connectivity index (χ0n) is 13.4. The summed E-state index contributed by atoms with van der Waals surface area (Å²) >= 11 is 0. The van der Waals surface area contributed by atoms with E-state index in [9.17, 15) is 4.79 Å². The molecule has 0 saturated carbocycles. The summed E-state index contributed by atoms with van der Waals surface area (Å²) in [5.74, 6) is 1.01. The molecule has 1 heterocycles. The predicted molar refractivity (Wildman–Crippen MR) is 93.2 cm³/mol. The maximum absolute atomic E-state index is 12.5. The van der Waals surface area contributed by atoms with E-state index in [4.69, 9.17) is 4.74 Å². The molecule has 0 fully saturated rings. The standard InChI is InChI=1S/C19H22N2O2/c1-23-17-10-8-16(9-11-17)20-13-12-19(22)21-14-4-6-15-5-2-3-7-18(15)21/h2-3,5,7-11,20H,4,6,12-14H2,1H3. The Bertz CT molecular complexity index is 667. The second kappa shape index (κ2) is 7.18. The molecule has 0 bridgehead atoms. The van der Waals surface area contributed by atoms with Crippen molar-refractivity contribution in [2.24, 2.45) is 0 Å². The molecule has 120 valence electrons. The largest absolute Gasteiger partial charge is 0.497 e. The van der Waals surface area contributed by atoms with Gasteiger partial charge in [0.15, 0.2) is 0 Å². The number of aryl methyl sites for hydroxylation is 1. The lowest BCUT2D eigenvalue weighted by atomic mass is 10.0. The van der Waals surface area contributed by atoms with Crippen molar-refractivity contribution in [2.45, 2.75) is 19.3 Å². The van der Waals surface area contributed by atoms with Gasteiger partial charge in [0, 0.05) is 30.9 Å². The number of fused-ring (bicyclic) bond motifs is 1. The summed E-state index contributed by atoms with van der Waals surface area (Å²) in [6.45, 7) is 1.45. The van der Waals surface area contributed by atoms with Crippen molar-refractivity contribution in [3.05, 3.63) is 54.1 Å². The molecule has 0 atom stereocenters. The van der Waals surface area contributed by atoms with Crippen molar-refractivity contribution in [3.8, 4) is 5.75 Å². The lowest BCUT2D eigenvalue weighted by molar-refractivity contribution is -0.118. The van der Waals surface area contributed by atoms with Crippen molar-refractivity contribution in [3.63, 3.8) is 0 Å². The Hall–Kier alpha value is -2.49. The first-order valence-electron chi connectivity index (χ1n) is 8.04. The zero-order chi connectivity index (χ0) is 16.1. The van der Waals surface area contributed by atoms with Crippen molar-refractivity contribution in [1.29, 1.82) is 0 Å². The van der Waals surface area contributed by atoms with Gasteiger partial charge in [0.25, 0.3) is 0 Å². The second-order valence-electron chi connectivity index (χ2n) is 5.68. The number of amides is 1. The molecule has 0 saturated heterocycles. The molecule has 0 aliphatic carbocycles. The minimum atomic E-state index is 0.179. The molecule has 1 amide bonds. The summed E-state index contributed by atoms with van der Waals surface area (Å²) in [4.78, 5) is 14.4. The lowest BCUT2D eigenvalue weighted by Gasteiger charge is -2.29. The fourth-order valence-corrected chi connectivity index (χ4v) is 2.95. The number of rotatable bonds is 5. The summed E-state index contributed by atoms with van der Waals surface area (Å²) in [5, 5.41) is 3.29. The Morgan fingerprint density at radius 3 is 2.74 bits per heavy atom. The molecule has 0 radical (unpaired) electrons. The van der Waals surface area contributed by atoms with E-state index < -0.39 is 0 Å². The van der Waals surface area contributed by atoms with Crippen molar-refractivity contribution < 1.29 is 9.53 Å². The van der Waals surface area contributed by atoms with Crippen LogP contribution in [-0.4, -0.2) is 26.1 Å². The molecule has 1 N–H and O–H groups in total. The molecule has 4 heteroatoms. The molecule has 2 aromatic carbocycles. The molecule has 4 nitrogen and oxygen atoms in total. The monoisotopic (exact) mass is 310 g/mol. The zero-order valence-corrected chi connectivity index (χ0v) is 13.4. The number of benzene rings is 2. The summed E-state index contributed by atoms with van der Waals surface area (Å²) in [6, 6.07) is 15.9. The average Bonchev–Trinajstić information content (AvgIpc) is 2.61. The number of nitrogens with zero attached hydrogens (tertiary/aromatic N) is 1. The first-order chi connectivity index (χ1) is 11.3. The molecule has 23 heavy (non-hydrogen) atoms. The minimum Gasteiger partial charge on any atom is -0.497 e. The van der Waals surface area contributed by atoms with Gasteiger partial charge >= 0.3 is 0 Å². The fraction of sp³-hybridized carbons (Fsp3) is 0.316. The first kappa shape index (κ1) is 15.4. The highest BCUT2D eigenvalue weighted by molar-refractivity contribution is 5.94. The third kappa shape index (κ3) is 3.65. The van der Waals surface area contributed by atoms with E-state index in [1.54, 1.807) is 7.11 Å². The number of ether oxygens (including phenoxy) is 1. The Kier molecular flexibility index (Phi) is 4.81. The molecule has 0 spiro atoms. The van der Waals surface area contributed by atoms with Gasteiger partial charge in [0.05, 0.1) is 7.11 Å². The van der Waals surface area contributed by atoms with Crippen molar-refractivity contribution >= 4 is 17.3 Å². The Balaban J connectivity index is 1.55. The number of methoxy groups -OCH3 is 1. The first-order valence-corrected chi connectivity index (χ1v) is 8.04. The van der Waals surface area contributed by atoms with Gasteiger partial charge in [-0.15, -0.1) is 0 Å². The van der Waals surface area contributed by atoms with Gasteiger partial charge in [0.2, 0.25) is 5.91 Å². The summed E-state index contributed by atoms with van der Waals surface area (Å²) in [6.07, 6.45) is 2.58. The van der Waals surface area contributed by atoms with Crippen LogP contribution in [0.3, 0.4) is 0 Å². The van der Waals surface area contributed by atoms with Gasteiger partial charge in [-0.1, -0.05) is 18.2 Å². The number of hydrogen-bond donors (Lipinski definition) is 1. The van der Waals surface area contributed by atoms with Gasteiger partial charge in [-0.3, -0.25) is 4.79 Å². The van der Waals surface area contributed by atoms with E-state index in [1.807, 2.05) is 47.4 Å². The Labute approximate surface area is 137 Å². The molecule has 1 aliphatic heterocycles. The molecular weight excluding hydrogens is 288 g/mol. The fourth-order valence-electron chi connectivity index (χ4n) is 2.95. The highest BCUT2D eigenvalue weighted by Gasteiger charge is 2.21. The number of carbonyl (C=O) groups excluding carboxylic acids is 1. The second-order valence-corrected chi connectivity index (χ2v) is 5.68. The van der Waals surface area contributed by atoms with Crippen LogP contribution in [0.25, 0.3) is 0 Å². The van der Waals surface area contributed by atoms with Crippen molar-refractivity contribution in [2.75, 3.05) is 30.4 Å². The third-order valence-corrected chi connectivity index (χ3v) is 4.17. The molecule has 3 rings (SSSR count). The highest BCUT2D eigenvalue weighted by Crippen LogP contribution is 2.27. The summed E-state index contributed by atoms with van der Waals surface area (Å²) in [7, 11) is 1.65. The van der Waals surface area contributed by atoms with Crippen LogP contribution in [0.5, 0.6) is 5.75 Å². The van der Waals surface area contributed by atoms with E-state index in [2.05, 4.69) is 11.4 Å². The number of nitrogens with one attached hydrogen (secondary N) is 1. The maximum Gasteiger partial charge on any atom is 0.228 e. The number of carbonyl (C=O) groups is 1. The van der Waals surface area contributed by atoms with E-state index in [-0.39, 0.29) is 5.91 Å². The van der Waals surface area contributed by atoms with Gasteiger partial charge in [-0.25, -0.2) is 0 Å². The number of para-hydroxylation sites is 1. The van der Waals surface area contributed by atoms with E-state index in [1.165, 1.54) is 5.56 Å².